The number of amides is 1. The number of halogens is 3. The Labute approximate surface area is 118 Å². The summed E-state index contributed by atoms with van der Waals surface area (Å²) in [7, 11) is 0. The fourth-order valence-electron chi connectivity index (χ4n) is 1.55. The molecule has 0 unspecified atom stereocenters. The standard InChI is InChI=1S/C13H10ClF2NOS/c14-13(15,16)9-3-1-4-10(7-9)17-12(18)8-11-5-2-6-19-11/h1-7H,8H2,(H,17,18). The average Bonchev–Trinajstić information content (AvgIpc) is 2.80. The van der Waals surface area contributed by atoms with Gasteiger partial charge in [-0.1, -0.05) is 18.2 Å². The van der Waals surface area contributed by atoms with Crippen LogP contribution in [0, 0.1) is 0 Å². The number of hydrogen-bond donors (Lipinski definition) is 1. The van der Waals surface area contributed by atoms with Gasteiger partial charge in [0.1, 0.15) is 0 Å². The van der Waals surface area contributed by atoms with Gasteiger partial charge in [-0.05, 0) is 35.2 Å². The Morgan fingerprint density at radius 2 is 2.11 bits per heavy atom. The normalized spacial score (nSPS) is 11.3. The second-order valence-corrected chi connectivity index (χ2v) is 5.39. The maximum atomic E-state index is 12.9. The molecule has 2 aromatic rings. The van der Waals surface area contributed by atoms with E-state index in [4.69, 9.17) is 11.6 Å². The van der Waals surface area contributed by atoms with E-state index in [-0.39, 0.29) is 17.9 Å². The molecule has 2 nitrogen and oxygen atoms in total. The zero-order valence-electron chi connectivity index (χ0n) is 9.70. The highest BCUT2D eigenvalue weighted by atomic mass is 35.5. The van der Waals surface area contributed by atoms with Crippen LogP contribution in [0.1, 0.15) is 10.4 Å². The smallest absolute Gasteiger partial charge is 0.326 e. The lowest BCUT2D eigenvalue weighted by Crippen LogP contribution is -2.14. The van der Waals surface area contributed by atoms with Gasteiger partial charge in [-0.3, -0.25) is 4.79 Å². The van der Waals surface area contributed by atoms with Crippen LogP contribution in [0.2, 0.25) is 0 Å². The minimum atomic E-state index is -3.44. The largest absolute Gasteiger partial charge is 0.348 e. The third kappa shape index (κ3) is 4.01. The number of carbonyl (C=O) groups is 1. The topological polar surface area (TPSA) is 29.1 Å². The van der Waals surface area contributed by atoms with Crippen molar-refractivity contribution in [3.63, 3.8) is 0 Å². The molecular weight excluding hydrogens is 292 g/mol. The number of anilines is 1. The molecule has 0 spiro atoms. The Bertz CT molecular complexity index is 566. The molecule has 0 atom stereocenters. The molecule has 1 N–H and O–H groups in total. The molecule has 0 aliphatic rings. The number of thiophene rings is 1. The first-order valence-corrected chi connectivity index (χ1v) is 6.70. The van der Waals surface area contributed by atoms with Crippen LogP contribution < -0.4 is 5.32 Å². The third-order valence-corrected chi connectivity index (χ3v) is 3.48. The number of hydrogen-bond acceptors (Lipinski definition) is 2. The van der Waals surface area contributed by atoms with Crippen molar-refractivity contribution in [1.82, 2.24) is 0 Å². The van der Waals surface area contributed by atoms with Crippen molar-refractivity contribution < 1.29 is 13.6 Å². The minimum absolute atomic E-state index is 0.221. The second kappa shape index (κ2) is 5.67. The molecule has 100 valence electrons. The van der Waals surface area contributed by atoms with E-state index in [1.54, 1.807) is 6.07 Å². The molecule has 0 saturated carbocycles. The number of rotatable bonds is 4. The van der Waals surface area contributed by atoms with Gasteiger partial charge in [0.2, 0.25) is 5.91 Å². The van der Waals surface area contributed by atoms with Gasteiger partial charge in [0, 0.05) is 16.1 Å². The maximum Gasteiger partial charge on any atom is 0.348 e. The van der Waals surface area contributed by atoms with Gasteiger partial charge >= 0.3 is 5.38 Å². The lowest BCUT2D eigenvalue weighted by Gasteiger charge is -2.10. The van der Waals surface area contributed by atoms with E-state index in [9.17, 15) is 13.6 Å². The van der Waals surface area contributed by atoms with Gasteiger partial charge in [-0.15, -0.1) is 11.3 Å². The summed E-state index contributed by atoms with van der Waals surface area (Å²) in [5, 5.41) is 1.00. The van der Waals surface area contributed by atoms with Crippen molar-refractivity contribution in [2.45, 2.75) is 11.8 Å². The molecular formula is C13H10ClF2NOS. The van der Waals surface area contributed by atoms with Crippen LogP contribution in [-0.4, -0.2) is 5.91 Å². The van der Waals surface area contributed by atoms with Crippen LogP contribution in [0.4, 0.5) is 14.5 Å². The lowest BCUT2D eigenvalue weighted by atomic mass is 10.2. The van der Waals surface area contributed by atoms with Crippen LogP contribution in [0.5, 0.6) is 0 Å². The molecule has 1 aromatic carbocycles. The molecule has 0 bridgehead atoms. The van der Waals surface area contributed by atoms with Crippen molar-refractivity contribution in [3.8, 4) is 0 Å². The molecule has 1 amide bonds. The van der Waals surface area contributed by atoms with E-state index in [1.807, 2.05) is 17.5 Å². The molecule has 1 heterocycles. The summed E-state index contributed by atoms with van der Waals surface area (Å²) in [6.45, 7) is 0. The Morgan fingerprint density at radius 1 is 1.32 bits per heavy atom. The highest BCUT2D eigenvalue weighted by Gasteiger charge is 2.27. The fourth-order valence-corrected chi connectivity index (χ4v) is 2.37. The Balaban J connectivity index is 2.05. The molecule has 19 heavy (non-hydrogen) atoms. The Kier molecular flexibility index (Phi) is 4.17. The van der Waals surface area contributed by atoms with Crippen molar-refractivity contribution in [2.24, 2.45) is 0 Å². The summed E-state index contributed by atoms with van der Waals surface area (Å²) in [6.07, 6.45) is 0.221. The van der Waals surface area contributed by atoms with Crippen LogP contribution in [0.15, 0.2) is 41.8 Å². The molecule has 1 aromatic heterocycles. The van der Waals surface area contributed by atoms with Gasteiger partial charge < -0.3 is 5.32 Å². The summed E-state index contributed by atoms with van der Waals surface area (Å²) in [4.78, 5) is 12.6. The number of alkyl halides is 3. The van der Waals surface area contributed by atoms with Crippen molar-refractivity contribution in [1.29, 1.82) is 0 Å². The second-order valence-electron chi connectivity index (χ2n) is 3.88. The molecule has 0 aliphatic carbocycles. The zero-order chi connectivity index (χ0) is 13.9. The van der Waals surface area contributed by atoms with Gasteiger partial charge in [-0.25, -0.2) is 0 Å². The van der Waals surface area contributed by atoms with Gasteiger partial charge in [0.05, 0.1) is 6.42 Å². The third-order valence-electron chi connectivity index (χ3n) is 2.39. The summed E-state index contributed by atoms with van der Waals surface area (Å²) in [5.41, 5.74) is -0.0394. The molecule has 6 heteroatoms. The summed E-state index contributed by atoms with van der Waals surface area (Å²) in [5.74, 6) is -0.252. The van der Waals surface area contributed by atoms with Crippen LogP contribution >= 0.6 is 22.9 Å². The van der Waals surface area contributed by atoms with E-state index in [0.717, 1.165) is 4.88 Å². The Morgan fingerprint density at radius 3 is 2.74 bits per heavy atom. The summed E-state index contributed by atoms with van der Waals surface area (Å²) < 4.78 is 25.9. The monoisotopic (exact) mass is 301 g/mol. The van der Waals surface area contributed by atoms with Crippen LogP contribution in [0.25, 0.3) is 0 Å². The van der Waals surface area contributed by atoms with Crippen molar-refractivity contribution in [3.05, 3.63) is 52.2 Å². The number of carbonyl (C=O) groups excluding carboxylic acids is 1. The Hall–Kier alpha value is -1.46. The molecule has 0 fully saturated rings. The fraction of sp³-hybridized carbons (Fsp3) is 0.154. The summed E-state index contributed by atoms with van der Waals surface area (Å²) >= 11 is 6.41. The van der Waals surface area contributed by atoms with Crippen molar-refractivity contribution in [2.75, 3.05) is 5.32 Å². The van der Waals surface area contributed by atoms with E-state index in [2.05, 4.69) is 5.32 Å². The molecule has 0 aliphatic heterocycles. The van der Waals surface area contributed by atoms with Crippen molar-refractivity contribution >= 4 is 34.5 Å². The van der Waals surface area contributed by atoms with Gasteiger partial charge in [0.25, 0.3) is 0 Å². The maximum absolute atomic E-state index is 12.9. The van der Waals surface area contributed by atoms with E-state index in [1.165, 1.54) is 29.5 Å². The van der Waals surface area contributed by atoms with E-state index >= 15 is 0 Å². The first-order chi connectivity index (χ1) is 8.95. The number of nitrogens with one attached hydrogen (secondary N) is 1. The first-order valence-electron chi connectivity index (χ1n) is 5.44. The first kappa shape index (κ1) is 14.0. The summed E-state index contributed by atoms with van der Waals surface area (Å²) in [6, 6.07) is 9.03. The quantitative estimate of drug-likeness (QED) is 0.842. The van der Waals surface area contributed by atoms with Gasteiger partial charge in [-0.2, -0.15) is 8.78 Å². The molecule has 0 saturated heterocycles. The van der Waals surface area contributed by atoms with E-state index < -0.39 is 5.38 Å². The van der Waals surface area contributed by atoms with Gasteiger partial charge in [0.15, 0.2) is 0 Å². The number of benzene rings is 1. The molecule has 0 radical (unpaired) electrons. The highest BCUT2D eigenvalue weighted by molar-refractivity contribution is 7.10. The highest BCUT2D eigenvalue weighted by Crippen LogP contribution is 2.33. The predicted octanol–water partition coefficient (Wildman–Crippen LogP) is 4.22. The molecule has 2 rings (SSSR count). The predicted molar refractivity (Wildman–Crippen MR) is 72.8 cm³/mol. The van der Waals surface area contributed by atoms with E-state index in [0.29, 0.717) is 5.69 Å². The lowest BCUT2D eigenvalue weighted by molar-refractivity contribution is -0.115. The minimum Gasteiger partial charge on any atom is -0.326 e. The van der Waals surface area contributed by atoms with Crippen LogP contribution in [0.3, 0.4) is 0 Å². The van der Waals surface area contributed by atoms with Crippen LogP contribution in [-0.2, 0) is 16.6 Å². The SMILES string of the molecule is O=C(Cc1cccs1)Nc1cccc(C(F)(F)Cl)c1. The zero-order valence-corrected chi connectivity index (χ0v) is 11.3. The average molecular weight is 302 g/mol.